The van der Waals surface area contributed by atoms with Gasteiger partial charge < -0.3 is 9.84 Å². The quantitative estimate of drug-likeness (QED) is 0.724. The topological polar surface area (TPSA) is 29.5 Å². The van der Waals surface area contributed by atoms with Crippen LogP contribution in [0, 0.1) is 5.41 Å². The average Bonchev–Trinajstić information content (AvgIpc) is 2.27. The van der Waals surface area contributed by atoms with Crippen LogP contribution in [0.15, 0.2) is 18.2 Å². The van der Waals surface area contributed by atoms with Crippen LogP contribution in [0.25, 0.3) is 0 Å². The summed E-state index contributed by atoms with van der Waals surface area (Å²) in [5, 5.41) is 9.44. The molecule has 1 aromatic rings. The second-order valence-corrected chi connectivity index (χ2v) is 5.77. The molecule has 0 amide bonds. The lowest BCUT2D eigenvalue weighted by Gasteiger charge is -2.57. The van der Waals surface area contributed by atoms with Gasteiger partial charge in [0.05, 0.1) is 0 Å². The van der Waals surface area contributed by atoms with Crippen LogP contribution in [0.2, 0.25) is 0 Å². The van der Waals surface area contributed by atoms with Gasteiger partial charge in [0.1, 0.15) is 17.1 Å². The predicted molar refractivity (Wildman–Crippen MR) is 62.8 cm³/mol. The summed E-state index contributed by atoms with van der Waals surface area (Å²) in [6, 6.07) is 5.44. The van der Waals surface area contributed by atoms with Gasteiger partial charge in [0.25, 0.3) is 0 Å². The van der Waals surface area contributed by atoms with Crippen molar-refractivity contribution in [3.63, 3.8) is 0 Å². The van der Waals surface area contributed by atoms with E-state index >= 15 is 0 Å². The van der Waals surface area contributed by atoms with Crippen LogP contribution in [0.3, 0.4) is 0 Å². The van der Waals surface area contributed by atoms with E-state index in [1.165, 1.54) is 12.8 Å². The Morgan fingerprint density at radius 1 is 1.19 bits per heavy atom. The highest BCUT2D eigenvalue weighted by Gasteiger charge is 2.56. The summed E-state index contributed by atoms with van der Waals surface area (Å²) in [6.07, 6.45) is 4.52. The molecule has 1 N–H and O–H groups in total. The number of aryl methyl sites for hydroxylation is 1. The Morgan fingerprint density at radius 2 is 2.00 bits per heavy atom. The maximum Gasteiger partial charge on any atom is 0.123 e. The molecule has 1 fully saturated rings. The number of fused-ring (bicyclic) bond motifs is 1. The van der Waals surface area contributed by atoms with E-state index in [0.29, 0.717) is 11.2 Å². The molecule has 16 heavy (non-hydrogen) atoms. The molecular weight excluding hydrogens is 200 g/mol. The molecule has 1 aromatic carbocycles. The van der Waals surface area contributed by atoms with Crippen molar-refractivity contribution in [2.75, 3.05) is 0 Å². The van der Waals surface area contributed by atoms with Crippen molar-refractivity contribution in [2.45, 2.75) is 45.1 Å². The van der Waals surface area contributed by atoms with E-state index in [-0.39, 0.29) is 5.60 Å². The van der Waals surface area contributed by atoms with Gasteiger partial charge in [0, 0.05) is 5.41 Å². The minimum atomic E-state index is 0.0526. The Kier molecular flexibility index (Phi) is 1.84. The lowest BCUT2D eigenvalue weighted by Crippen LogP contribution is -2.59. The molecule has 2 nitrogen and oxygen atoms in total. The molecule has 2 aliphatic rings. The zero-order chi connectivity index (χ0) is 11.4. The highest BCUT2D eigenvalue weighted by Crippen LogP contribution is 2.56. The van der Waals surface area contributed by atoms with Crippen LogP contribution in [0.1, 0.15) is 38.7 Å². The van der Waals surface area contributed by atoms with Crippen molar-refractivity contribution < 1.29 is 9.84 Å². The Bertz CT molecular complexity index is 436. The van der Waals surface area contributed by atoms with Gasteiger partial charge in [-0.25, -0.2) is 0 Å². The Labute approximate surface area is 96.2 Å². The van der Waals surface area contributed by atoms with Crippen molar-refractivity contribution in [3.8, 4) is 11.5 Å². The maximum atomic E-state index is 9.44. The van der Waals surface area contributed by atoms with E-state index in [1.807, 2.05) is 12.1 Å². The summed E-state index contributed by atoms with van der Waals surface area (Å²) in [7, 11) is 0. The highest BCUT2D eigenvalue weighted by atomic mass is 16.5. The largest absolute Gasteiger partial charge is 0.508 e. The van der Waals surface area contributed by atoms with Crippen molar-refractivity contribution >= 4 is 0 Å². The van der Waals surface area contributed by atoms with Gasteiger partial charge in [-0.2, -0.15) is 0 Å². The molecule has 3 rings (SSSR count). The zero-order valence-electron chi connectivity index (χ0n) is 9.92. The van der Waals surface area contributed by atoms with E-state index in [0.717, 1.165) is 24.2 Å². The Morgan fingerprint density at radius 3 is 2.62 bits per heavy atom. The fourth-order valence-corrected chi connectivity index (χ4v) is 3.02. The Hall–Kier alpha value is -1.18. The van der Waals surface area contributed by atoms with Crippen LogP contribution in [-0.2, 0) is 6.42 Å². The minimum absolute atomic E-state index is 0.0526. The molecule has 1 aliphatic heterocycles. The average molecular weight is 218 g/mol. The van der Waals surface area contributed by atoms with E-state index in [4.69, 9.17) is 4.74 Å². The fourth-order valence-electron chi connectivity index (χ4n) is 3.02. The molecule has 2 heteroatoms. The molecule has 1 spiro atoms. The van der Waals surface area contributed by atoms with Crippen molar-refractivity contribution in [3.05, 3.63) is 23.8 Å². The Balaban J connectivity index is 1.95. The van der Waals surface area contributed by atoms with Gasteiger partial charge in [-0.1, -0.05) is 13.8 Å². The fraction of sp³-hybridized carbons (Fsp3) is 0.571. The first-order valence-corrected chi connectivity index (χ1v) is 6.03. The number of hydrogen-bond acceptors (Lipinski definition) is 2. The molecule has 1 heterocycles. The summed E-state index contributed by atoms with van der Waals surface area (Å²) in [5.41, 5.74) is 1.49. The monoisotopic (exact) mass is 218 g/mol. The summed E-state index contributed by atoms with van der Waals surface area (Å²) >= 11 is 0. The summed E-state index contributed by atoms with van der Waals surface area (Å²) in [4.78, 5) is 0. The zero-order valence-corrected chi connectivity index (χ0v) is 9.92. The molecule has 1 aliphatic carbocycles. The van der Waals surface area contributed by atoms with Gasteiger partial charge >= 0.3 is 0 Å². The number of phenolic OH excluding ortho intramolecular Hbond substituents is 1. The number of phenols is 1. The van der Waals surface area contributed by atoms with Crippen LogP contribution in [0.4, 0.5) is 0 Å². The number of aromatic hydroxyl groups is 1. The first kappa shape index (κ1) is 10.0. The predicted octanol–water partition coefficient (Wildman–Crippen LogP) is 3.28. The van der Waals surface area contributed by atoms with E-state index < -0.39 is 0 Å². The van der Waals surface area contributed by atoms with Gasteiger partial charge in [0.15, 0.2) is 0 Å². The first-order valence-electron chi connectivity index (χ1n) is 6.03. The summed E-state index contributed by atoms with van der Waals surface area (Å²) < 4.78 is 6.21. The molecule has 86 valence electrons. The van der Waals surface area contributed by atoms with Crippen LogP contribution in [0.5, 0.6) is 11.5 Å². The van der Waals surface area contributed by atoms with Gasteiger partial charge in [-0.3, -0.25) is 0 Å². The number of hydrogen-bond donors (Lipinski definition) is 1. The number of rotatable bonds is 0. The lowest BCUT2D eigenvalue weighted by atomic mass is 9.56. The van der Waals surface area contributed by atoms with Crippen LogP contribution in [-0.4, -0.2) is 10.7 Å². The van der Waals surface area contributed by atoms with Gasteiger partial charge in [-0.15, -0.1) is 0 Å². The first-order chi connectivity index (χ1) is 7.52. The van der Waals surface area contributed by atoms with Crippen LogP contribution >= 0.6 is 0 Å². The number of benzene rings is 1. The molecule has 0 saturated heterocycles. The smallest absolute Gasteiger partial charge is 0.123 e. The molecule has 0 bridgehead atoms. The molecule has 0 radical (unpaired) electrons. The standard InChI is InChI=1S/C14H18O2/c1-13(2)7-8-14(13)6-5-10-9-11(15)3-4-12(10)16-14/h3-4,9,15H,5-8H2,1-2H3. The molecule has 0 aromatic heterocycles. The summed E-state index contributed by atoms with van der Waals surface area (Å²) in [6.45, 7) is 4.59. The third-order valence-electron chi connectivity index (χ3n) is 4.53. The molecule has 1 saturated carbocycles. The van der Waals surface area contributed by atoms with Crippen molar-refractivity contribution in [2.24, 2.45) is 5.41 Å². The lowest BCUT2D eigenvalue weighted by molar-refractivity contribution is -0.138. The normalized spacial score (nSPS) is 30.4. The van der Waals surface area contributed by atoms with E-state index in [1.54, 1.807) is 6.07 Å². The van der Waals surface area contributed by atoms with Crippen molar-refractivity contribution in [1.29, 1.82) is 0 Å². The SMILES string of the molecule is CC1(C)CCC12CCc1cc(O)ccc1O2. The van der Waals surface area contributed by atoms with Gasteiger partial charge in [0.2, 0.25) is 0 Å². The van der Waals surface area contributed by atoms with E-state index in [2.05, 4.69) is 13.8 Å². The third kappa shape index (κ3) is 1.19. The third-order valence-corrected chi connectivity index (χ3v) is 4.53. The summed E-state index contributed by atoms with van der Waals surface area (Å²) in [5.74, 6) is 1.31. The van der Waals surface area contributed by atoms with E-state index in [9.17, 15) is 5.11 Å². The minimum Gasteiger partial charge on any atom is -0.508 e. The van der Waals surface area contributed by atoms with Crippen molar-refractivity contribution in [1.82, 2.24) is 0 Å². The second kappa shape index (κ2) is 2.93. The molecular formula is C14H18O2. The molecule has 1 unspecified atom stereocenters. The van der Waals surface area contributed by atoms with Gasteiger partial charge in [-0.05, 0) is 49.4 Å². The highest BCUT2D eigenvalue weighted by molar-refractivity contribution is 5.42. The maximum absolute atomic E-state index is 9.44. The second-order valence-electron chi connectivity index (χ2n) is 5.77. The number of ether oxygens (including phenoxy) is 1. The molecule has 1 atom stereocenters. The van der Waals surface area contributed by atoms with Crippen LogP contribution < -0.4 is 4.74 Å².